The second-order valence-corrected chi connectivity index (χ2v) is 6.10. The quantitative estimate of drug-likeness (QED) is 0.264. The summed E-state index contributed by atoms with van der Waals surface area (Å²) in [6.45, 7) is 11.0. The zero-order valence-corrected chi connectivity index (χ0v) is 17.9. The molecule has 0 spiro atoms. The van der Waals surface area contributed by atoms with Crippen LogP contribution in [0.3, 0.4) is 0 Å². The Kier molecular flexibility index (Phi) is 11.4. The van der Waals surface area contributed by atoms with Crippen molar-refractivity contribution < 1.29 is 14.3 Å². The molecule has 146 valence electrons. The number of piperazine rings is 1. The number of carbonyl (C=O) groups excluding carboxylic acids is 1. The summed E-state index contributed by atoms with van der Waals surface area (Å²) in [5, 5.41) is 3.35. The molecule has 2 heterocycles. The summed E-state index contributed by atoms with van der Waals surface area (Å²) in [4.78, 5) is 21.3. The van der Waals surface area contributed by atoms with E-state index < -0.39 is 0 Å². The second kappa shape index (κ2) is 12.7. The molecule has 0 aromatic heterocycles. The lowest BCUT2D eigenvalue weighted by Crippen LogP contribution is -2.55. The highest BCUT2D eigenvalue weighted by atomic mass is 127. The summed E-state index contributed by atoms with van der Waals surface area (Å²) in [5.41, 5.74) is 0. The lowest BCUT2D eigenvalue weighted by Gasteiger charge is -2.37. The minimum absolute atomic E-state index is 0. The molecule has 2 aliphatic rings. The fourth-order valence-corrected chi connectivity index (χ4v) is 3.04. The first kappa shape index (κ1) is 22.4. The van der Waals surface area contributed by atoms with E-state index in [-0.39, 0.29) is 36.0 Å². The Hall–Kier alpha value is -0.610. The van der Waals surface area contributed by atoms with Crippen molar-refractivity contribution in [2.75, 3.05) is 59.1 Å². The van der Waals surface area contributed by atoms with Crippen LogP contribution < -0.4 is 5.32 Å². The molecular weight excluding hydrogens is 435 g/mol. The number of hydrogen-bond acceptors (Lipinski definition) is 4. The van der Waals surface area contributed by atoms with E-state index in [2.05, 4.69) is 22.1 Å². The number of nitrogens with one attached hydrogen (secondary N) is 1. The molecule has 2 rings (SSSR count). The van der Waals surface area contributed by atoms with Gasteiger partial charge in [0.2, 0.25) is 0 Å². The molecule has 2 fully saturated rings. The first-order valence-corrected chi connectivity index (χ1v) is 9.27. The number of nitrogens with zero attached hydrogens (tertiary/aromatic N) is 3. The van der Waals surface area contributed by atoms with Crippen molar-refractivity contribution in [3.8, 4) is 0 Å². The maximum atomic E-state index is 12.4. The summed E-state index contributed by atoms with van der Waals surface area (Å²) in [5.74, 6) is 1.10. The lowest BCUT2D eigenvalue weighted by atomic mass is 10.2. The number of carbonyl (C=O) groups is 1. The van der Waals surface area contributed by atoms with E-state index in [0.29, 0.717) is 0 Å². The first-order valence-electron chi connectivity index (χ1n) is 9.27. The number of aliphatic imine (C=N–C) groups is 1. The van der Waals surface area contributed by atoms with Crippen LogP contribution in [0.15, 0.2) is 4.99 Å². The van der Waals surface area contributed by atoms with Crippen LogP contribution in [0.2, 0.25) is 0 Å². The Balaban J connectivity index is 0.00000312. The van der Waals surface area contributed by atoms with Gasteiger partial charge in [-0.15, -0.1) is 24.0 Å². The fourth-order valence-electron chi connectivity index (χ4n) is 3.04. The number of hydrogen-bond donors (Lipinski definition) is 1. The highest BCUT2D eigenvalue weighted by Crippen LogP contribution is 2.16. The summed E-state index contributed by atoms with van der Waals surface area (Å²) in [6, 6.07) is 0. The highest BCUT2D eigenvalue weighted by molar-refractivity contribution is 14.0. The Bertz CT molecular complexity index is 409. The molecule has 8 heteroatoms. The molecule has 25 heavy (non-hydrogen) atoms. The molecule has 7 nitrogen and oxygen atoms in total. The van der Waals surface area contributed by atoms with Crippen LogP contribution in [0.25, 0.3) is 0 Å². The third kappa shape index (κ3) is 7.26. The van der Waals surface area contributed by atoms with Gasteiger partial charge in [-0.1, -0.05) is 0 Å². The average molecular weight is 468 g/mol. The molecule has 1 N–H and O–H groups in total. The maximum absolute atomic E-state index is 12.4. The molecule has 0 bridgehead atoms. The third-order valence-corrected chi connectivity index (χ3v) is 4.34. The van der Waals surface area contributed by atoms with Gasteiger partial charge in [-0.25, -0.2) is 0 Å². The molecule has 0 radical (unpaired) electrons. The van der Waals surface area contributed by atoms with E-state index in [4.69, 9.17) is 9.47 Å². The van der Waals surface area contributed by atoms with Gasteiger partial charge in [-0.3, -0.25) is 9.79 Å². The highest BCUT2D eigenvalue weighted by Gasteiger charge is 2.30. The van der Waals surface area contributed by atoms with Gasteiger partial charge in [0, 0.05) is 59.1 Å². The summed E-state index contributed by atoms with van der Waals surface area (Å²) < 4.78 is 10.9. The molecule has 1 atom stereocenters. The van der Waals surface area contributed by atoms with Crippen LogP contribution in [0.4, 0.5) is 0 Å². The zero-order chi connectivity index (χ0) is 17.2. The SMILES string of the molecule is CCNC(=NCCCOCC)N1CCN(C(=O)C2CCCO2)CC1.I. The topological polar surface area (TPSA) is 66.4 Å². The number of guanidine groups is 1. The van der Waals surface area contributed by atoms with Crippen LogP contribution >= 0.6 is 24.0 Å². The van der Waals surface area contributed by atoms with E-state index in [1.807, 2.05) is 11.8 Å². The Morgan fingerprint density at radius 1 is 1.24 bits per heavy atom. The molecule has 0 saturated carbocycles. The predicted octanol–water partition coefficient (Wildman–Crippen LogP) is 1.32. The first-order chi connectivity index (χ1) is 11.8. The Labute approximate surface area is 168 Å². The molecule has 0 aliphatic carbocycles. The molecule has 1 amide bonds. The van der Waals surface area contributed by atoms with Crippen LogP contribution in [0, 0.1) is 0 Å². The van der Waals surface area contributed by atoms with Crippen molar-refractivity contribution in [2.45, 2.75) is 39.2 Å². The fraction of sp³-hybridized carbons (Fsp3) is 0.882. The molecule has 0 aromatic rings. The van der Waals surface area contributed by atoms with Gasteiger partial charge in [0.05, 0.1) is 0 Å². The van der Waals surface area contributed by atoms with E-state index in [9.17, 15) is 4.79 Å². The molecule has 1 unspecified atom stereocenters. The van der Waals surface area contributed by atoms with Crippen molar-refractivity contribution in [1.29, 1.82) is 0 Å². The van der Waals surface area contributed by atoms with Crippen molar-refractivity contribution in [3.63, 3.8) is 0 Å². The van der Waals surface area contributed by atoms with E-state index in [0.717, 1.165) is 84.3 Å². The van der Waals surface area contributed by atoms with Crippen LogP contribution in [0.1, 0.15) is 33.1 Å². The molecular formula is C17H33IN4O3. The normalized spacial score (nSPS) is 21.2. The molecule has 2 aliphatic heterocycles. The van der Waals surface area contributed by atoms with Gasteiger partial charge in [0.15, 0.2) is 5.96 Å². The predicted molar refractivity (Wildman–Crippen MR) is 110 cm³/mol. The van der Waals surface area contributed by atoms with Crippen molar-refractivity contribution in [1.82, 2.24) is 15.1 Å². The number of ether oxygens (including phenoxy) is 2. The van der Waals surface area contributed by atoms with Gasteiger partial charge < -0.3 is 24.6 Å². The van der Waals surface area contributed by atoms with Crippen molar-refractivity contribution >= 4 is 35.8 Å². The van der Waals surface area contributed by atoms with E-state index >= 15 is 0 Å². The largest absolute Gasteiger partial charge is 0.382 e. The number of amides is 1. The number of rotatable bonds is 7. The number of halogens is 1. The van der Waals surface area contributed by atoms with Crippen LogP contribution in [0.5, 0.6) is 0 Å². The minimum atomic E-state index is -0.211. The van der Waals surface area contributed by atoms with E-state index in [1.54, 1.807) is 0 Å². The van der Waals surface area contributed by atoms with Gasteiger partial charge >= 0.3 is 0 Å². The van der Waals surface area contributed by atoms with Crippen LogP contribution in [-0.2, 0) is 14.3 Å². The van der Waals surface area contributed by atoms with Gasteiger partial charge in [0.25, 0.3) is 5.91 Å². The second-order valence-electron chi connectivity index (χ2n) is 6.10. The zero-order valence-electron chi connectivity index (χ0n) is 15.5. The van der Waals surface area contributed by atoms with Gasteiger partial charge in [0.1, 0.15) is 6.10 Å². The lowest BCUT2D eigenvalue weighted by molar-refractivity contribution is -0.142. The smallest absolute Gasteiger partial charge is 0.251 e. The minimum Gasteiger partial charge on any atom is -0.382 e. The summed E-state index contributed by atoms with van der Waals surface area (Å²) in [6.07, 6.45) is 2.58. The van der Waals surface area contributed by atoms with Gasteiger partial charge in [-0.05, 0) is 33.1 Å². The van der Waals surface area contributed by atoms with Crippen molar-refractivity contribution in [2.24, 2.45) is 4.99 Å². The standard InChI is InChI=1S/C17H32N4O3.HI/c1-3-18-17(19-8-6-13-23-4-2)21-11-9-20(10-12-21)16(22)15-7-5-14-24-15;/h15H,3-14H2,1-2H3,(H,18,19);1H. The Morgan fingerprint density at radius 3 is 2.56 bits per heavy atom. The molecule has 0 aromatic carbocycles. The maximum Gasteiger partial charge on any atom is 0.251 e. The van der Waals surface area contributed by atoms with E-state index in [1.165, 1.54) is 0 Å². The summed E-state index contributed by atoms with van der Waals surface area (Å²) in [7, 11) is 0. The third-order valence-electron chi connectivity index (χ3n) is 4.34. The monoisotopic (exact) mass is 468 g/mol. The Morgan fingerprint density at radius 2 is 1.96 bits per heavy atom. The van der Waals surface area contributed by atoms with Crippen LogP contribution in [-0.4, -0.2) is 86.9 Å². The van der Waals surface area contributed by atoms with Crippen molar-refractivity contribution in [3.05, 3.63) is 0 Å². The summed E-state index contributed by atoms with van der Waals surface area (Å²) >= 11 is 0. The average Bonchev–Trinajstić information content (AvgIpc) is 3.15. The molecule has 2 saturated heterocycles. The van der Waals surface area contributed by atoms with Gasteiger partial charge in [-0.2, -0.15) is 0 Å².